The van der Waals surface area contributed by atoms with Crippen molar-refractivity contribution in [2.24, 2.45) is 7.05 Å². The molecule has 4 nitrogen and oxygen atoms in total. The summed E-state index contributed by atoms with van der Waals surface area (Å²) in [6, 6.07) is 12.3. The molecule has 96 valence electrons. The van der Waals surface area contributed by atoms with Crippen LogP contribution in [-0.4, -0.2) is 14.8 Å². The van der Waals surface area contributed by atoms with Gasteiger partial charge in [-0.3, -0.25) is 9.67 Å². The van der Waals surface area contributed by atoms with Crippen LogP contribution in [0.5, 0.6) is 0 Å². The number of pyridine rings is 1. The maximum Gasteiger partial charge on any atom is 0.0762 e. The first-order valence-electron chi connectivity index (χ1n) is 6.35. The Morgan fingerprint density at radius 3 is 2.84 bits per heavy atom. The van der Waals surface area contributed by atoms with Crippen LogP contribution in [0.15, 0.2) is 48.8 Å². The van der Waals surface area contributed by atoms with Gasteiger partial charge in [-0.1, -0.05) is 24.3 Å². The van der Waals surface area contributed by atoms with Gasteiger partial charge in [0.05, 0.1) is 11.2 Å². The van der Waals surface area contributed by atoms with Crippen LogP contribution in [0, 0.1) is 0 Å². The van der Waals surface area contributed by atoms with Crippen molar-refractivity contribution >= 4 is 10.9 Å². The molecule has 0 amide bonds. The van der Waals surface area contributed by atoms with Crippen molar-refractivity contribution in [3.63, 3.8) is 0 Å². The van der Waals surface area contributed by atoms with Crippen molar-refractivity contribution in [2.75, 3.05) is 0 Å². The Labute approximate surface area is 112 Å². The van der Waals surface area contributed by atoms with Gasteiger partial charge in [0.2, 0.25) is 0 Å². The molecular formula is C15H16N4. The van der Waals surface area contributed by atoms with E-state index in [1.807, 2.05) is 36.3 Å². The van der Waals surface area contributed by atoms with E-state index in [0.29, 0.717) is 0 Å². The highest BCUT2D eigenvalue weighted by Crippen LogP contribution is 2.15. The van der Waals surface area contributed by atoms with Gasteiger partial charge < -0.3 is 5.32 Å². The van der Waals surface area contributed by atoms with Gasteiger partial charge in [-0.2, -0.15) is 5.10 Å². The van der Waals surface area contributed by atoms with E-state index < -0.39 is 0 Å². The number of para-hydroxylation sites is 1. The number of fused-ring (bicyclic) bond motifs is 1. The molecule has 0 aliphatic rings. The van der Waals surface area contributed by atoms with Crippen LogP contribution in [0.1, 0.15) is 11.3 Å². The van der Waals surface area contributed by atoms with Gasteiger partial charge >= 0.3 is 0 Å². The van der Waals surface area contributed by atoms with Crippen LogP contribution in [0.4, 0.5) is 0 Å². The summed E-state index contributed by atoms with van der Waals surface area (Å²) in [4.78, 5) is 4.45. The molecule has 2 aromatic heterocycles. The van der Waals surface area contributed by atoms with Crippen molar-refractivity contribution in [2.45, 2.75) is 13.1 Å². The van der Waals surface area contributed by atoms with Gasteiger partial charge in [0.25, 0.3) is 0 Å². The molecule has 3 aromatic rings. The molecule has 1 aromatic carbocycles. The SMILES string of the molecule is Cn1ccc(CNCc2cccc3cccnc23)n1. The van der Waals surface area contributed by atoms with Crippen LogP contribution in [0.25, 0.3) is 10.9 Å². The molecule has 0 saturated carbocycles. The summed E-state index contributed by atoms with van der Waals surface area (Å²) < 4.78 is 1.82. The lowest BCUT2D eigenvalue weighted by molar-refractivity contribution is 0.658. The Kier molecular flexibility index (Phi) is 3.25. The van der Waals surface area contributed by atoms with Crippen LogP contribution < -0.4 is 5.32 Å². The zero-order valence-electron chi connectivity index (χ0n) is 10.9. The van der Waals surface area contributed by atoms with E-state index in [-0.39, 0.29) is 0 Å². The predicted octanol–water partition coefficient (Wildman–Crippen LogP) is 2.26. The monoisotopic (exact) mass is 252 g/mol. The third-order valence-electron chi connectivity index (χ3n) is 3.11. The number of hydrogen-bond acceptors (Lipinski definition) is 3. The first-order valence-corrected chi connectivity index (χ1v) is 6.35. The third kappa shape index (κ3) is 2.63. The largest absolute Gasteiger partial charge is 0.307 e. The summed E-state index contributed by atoms with van der Waals surface area (Å²) in [7, 11) is 1.93. The molecular weight excluding hydrogens is 236 g/mol. The zero-order valence-corrected chi connectivity index (χ0v) is 10.9. The molecule has 1 N–H and O–H groups in total. The standard InChI is InChI=1S/C15H16N4/c1-19-9-7-14(18-19)11-16-10-13-5-2-4-12-6-3-8-17-15(12)13/h2-9,16H,10-11H2,1H3. The molecule has 4 heteroatoms. The fraction of sp³-hybridized carbons (Fsp3) is 0.200. The van der Waals surface area contributed by atoms with Gasteiger partial charge in [0, 0.05) is 37.9 Å². The fourth-order valence-corrected chi connectivity index (χ4v) is 2.19. The summed E-state index contributed by atoms with van der Waals surface area (Å²) in [5, 5.41) is 8.93. The predicted molar refractivity (Wildman–Crippen MR) is 75.5 cm³/mol. The Balaban J connectivity index is 1.71. The average molecular weight is 252 g/mol. The van der Waals surface area contributed by atoms with E-state index in [1.54, 1.807) is 0 Å². The molecule has 0 saturated heterocycles. The minimum absolute atomic E-state index is 0.768. The second-order valence-electron chi connectivity index (χ2n) is 4.58. The minimum Gasteiger partial charge on any atom is -0.307 e. The highest BCUT2D eigenvalue weighted by molar-refractivity contribution is 5.81. The lowest BCUT2D eigenvalue weighted by Gasteiger charge is -2.06. The van der Waals surface area contributed by atoms with Crippen molar-refractivity contribution in [3.05, 3.63) is 60.0 Å². The first kappa shape index (κ1) is 11.9. The quantitative estimate of drug-likeness (QED) is 0.774. The van der Waals surface area contributed by atoms with E-state index in [4.69, 9.17) is 0 Å². The second kappa shape index (κ2) is 5.20. The number of aromatic nitrogens is 3. The van der Waals surface area contributed by atoms with Gasteiger partial charge in [-0.25, -0.2) is 0 Å². The van der Waals surface area contributed by atoms with Crippen LogP contribution in [0.2, 0.25) is 0 Å². The number of rotatable bonds is 4. The molecule has 0 bridgehead atoms. The van der Waals surface area contributed by atoms with Crippen molar-refractivity contribution in [1.82, 2.24) is 20.1 Å². The lowest BCUT2D eigenvalue weighted by Crippen LogP contribution is -2.13. The van der Waals surface area contributed by atoms with Gasteiger partial charge in [-0.15, -0.1) is 0 Å². The molecule has 0 unspecified atom stereocenters. The number of benzene rings is 1. The average Bonchev–Trinajstić information content (AvgIpc) is 2.85. The minimum atomic E-state index is 0.768. The van der Waals surface area contributed by atoms with E-state index in [0.717, 1.165) is 24.3 Å². The van der Waals surface area contributed by atoms with E-state index in [2.05, 4.69) is 39.7 Å². The van der Waals surface area contributed by atoms with Crippen LogP contribution in [0.3, 0.4) is 0 Å². The summed E-state index contributed by atoms with van der Waals surface area (Å²) in [5.74, 6) is 0. The van der Waals surface area contributed by atoms with Gasteiger partial charge in [0.15, 0.2) is 0 Å². The molecule has 0 atom stereocenters. The molecule has 2 heterocycles. The number of nitrogens with zero attached hydrogens (tertiary/aromatic N) is 3. The molecule has 0 radical (unpaired) electrons. The Morgan fingerprint density at radius 1 is 1.11 bits per heavy atom. The topological polar surface area (TPSA) is 42.7 Å². The second-order valence-corrected chi connectivity index (χ2v) is 4.58. The number of hydrogen-bond donors (Lipinski definition) is 1. The highest BCUT2D eigenvalue weighted by Gasteiger charge is 2.02. The normalized spacial score (nSPS) is 11.0. The molecule has 3 rings (SSSR count). The van der Waals surface area contributed by atoms with Gasteiger partial charge in [0.1, 0.15) is 0 Å². The Morgan fingerprint density at radius 2 is 2.00 bits per heavy atom. The van der Waals surface area contributed by atoms with E-state index in [1.165, 1.54) is 10.9 Å². The molecule has 0 fully saturated rings. The fourth-order valence-electron chi connectivity index (χ4n) is 2.19. The van der Waals surface area contributed by atoms with Crippen LogP contribution in [-0.2, 0) is 20.1 Å². The molecule has 19 heavy (non-hydrogen) atoms. The summed E-state index contributed by atoms with van der Waals surface area (Å²) in [5.41, 5.74) is 3.34. The number of nitrogens with one attached hydrogen (secondary N) is 1. The maximum atomic E-state index is 4.45. The molecule has 0 spiro atoms. The molecule has 0 aliphatic heterocycles. The van der Waals surface area contributed by atoms with Crippen molar-refractivity contribution in [1.29, 1.82) is 0 Å². The zero-order chi connectivity index (χ0) is 13.1. The first-order chi connectivity index (χ1) is 9.33. The Hall–Kier alpha value is -2.20. The smallest absolute Gasteiger partial charge is 0.0762 e. The number of aryl methyl sites for hydroxylation is 1. The Bertz CT molecular complexity index is 682. The van der Waals surface area contributed by atoms with Crippen molar-refractivity contribution < 1.29 is 0 Å². The summed E-state index contributed by atoms with van der Waals surface area (Å²) in [6.07, 6.45) is 3.79. The van der Waals surface area contributed by atoms with E-state index in [9.17, 15) is 0 Å². The third-order valence-corrected chi connectivity index (χ3v) is 3.11. The van der Waals surface area contributed by atoms with Crippen molar-refractivity contribution in [3.8, 4) is 0 Å². The molecule has 0 aliphatic carbocycles. The maximum absolute atomic E-state index is 4.45. The lowest BCUT2D eigenvalue weighted by atomic mass is 10.1. The summed E-state index contributed by atoms with van der Waals surface area (Å²) in [6.45, 7) is 1.56. The van der Waals surface area contributed by atoms with Gasteiger partial charge in [-0.05, 0) is 17.7 Å². The summed E-state index contributed by atoms with van der Waals surface area (Å²) >= 11 is 0. The van der Waals surface area contributed by atoms with E-state index >= 15 is 0 Å². The van der Waals surface area contributed by atoms with Crippen LogP contribution >= 0.6 is 0 Å². The highest BCUT2D eigenvalue weighted by atomic mass is 15.3.